The van der Waals surface area contributed by atoms with Gasteiger partial charge in [-0.3, -0.25) is 4.79 Å². The molecule has 1 fully saturated rings. The molecule has 4 aromatic carbocycles. The Morgan fingerprint density at radius 1 is 0.914 bits per heavy atom. The predicted molar refractivity (Wildman–Crippen MR) is 140 cm³/mol. The van der Waals surface area contributed by atoms with Crippen LogP contribution in [0.1, 0.15) is 18.2 Å². The summed E-state index contributed by atoms with van der Waals surface area (Å²) in [7, 11) is 0. The van der Waals surface area contributed by atoms with E-state index in [0.29, 0.717) is 31.1 Å². The fourth-order valence-corrected chi connectivity index (χ4v) is 5.17. The summed E-state index contributed by atoms with van der Waals surface area (Å²) in [6.07, 6.45) is 0.403. The summed E-state index contributed by atoms with van der Waals surface area (Å²) in [5.74, 6) is 1.80. The Hall–Kier alpha value is -3.83. The minimum Gasteiger partial charge on any atom is -0.492 e. The van der Waals surface area contributed by atoms with E-state index in [1.54, 1.807) is 4.90 Å². The quantitative estimate of drug-likeness (QED) is 0.280. The number of ether oxygens (including phenoxy) is 1. The Balaban J connectivity index is 1.26. The maximum Gasteiger partial charge on any atom is 0.227 e. The van der Waals surface area contributed by atoms with E-state index in [9.17, 15) is 4.79 Å². The molecule has 1 unspecified atom stereocenters. The Morgan fingerprint density at radius 3 is 2.57 bits per heavy atom. The molecule has 1 aromatic heterocycles. The zero-order valence-corrected chi connectivity index (χ0v) is 19.9. The third-order valence-electron chi connectivity index (χ3n) is 6.62. The van der Waals surface area contributed by atoms with E-state index < -0.39 is 0 Å². The van der Waals surface area contributed by atoms with Crippen LogP contribution in [0.15, 0.2) is 91.0 Å². The second kappa shape index (κ2) is 9.08. The van der Waals surface area contributed by atoms with Crippen molar-refractivity contribution in [2.24, 2.45) is 0 Å². The second-order valence-corrected chi connectivity index (χ2v) is 9.23. The first-order valence-corrected chi connectivity index (χ1v) is 12.2. The van der Waals surface area contributed by atoms with E-state index in [4.69, 9.17) is 21.3 Å². The van der Waals surface area contributed by atoms with Gasteiger partial charge < -0.3 is 14.2 Å². The van der Waals surface area contributed by atoms with Crippen LogP contribution in [0.2, 0.25) is 5.02 Å². The summed E-state index contributed by atoms with van der Waals surface area (Å²) < 4.78 is 8.34. The molecule has 0 saturated carbocycles. The largest absolute Gasteiger partial charge is 0.492 e. The first-order chi connectivity index (χ1) is 17.2. The van der Waals surface area contributed by atoms with Crippen LogP contribution in [0.3, 0.4) is 0 Å². The van der Waals surface area contributed by atoms with Crippen LogP contribution in [-0.2, 0) is 11.3 Å². The molecular weight excluding hydrogens is 458 g/mol. The number of halogens is 1. The maximum absolute atomic E-state index is 12.9. The summed E-state index contributed by atoms with van der Waals surface area (Å²) in [4.78, 5) is 19.7. The summed E-state index contributed by atoms with van der Waals surface area (Å²) in [5.41, 5.74) is 2.73. The van der Waals surface area contributed by atoms with Gasteiger partial charge >= 0.3 is 0 Å². The SMILES string of the molecule is O=C1CC(c2nc3ccccc3n2CCOc2ccc3ccccc3c2)CN1c1ccccc1Cl. The number of hydrogen-bond acceptors (Lipinski definition) is 3. The molecule has 0 radical (unpaired) electrons. The van der Waals surface area contributed by atoms with Gasteiger partial charge in [0.2, 0.25) is 5.91 Å². The number of carbonyl (C=O) groups excluding carboxylic acids is 1. The van der Waals surface area contributed by atoms with Crippen molar-refractivity contribution in [3.05, 3.63) is 102 Å². The van der Waals surface area contributed by atoms with Gasteiger partial charge in [-0.1, -0.05) is 66.2 Å². The molecule has 0 bridgehead atoms. The van der Waals surface area contributed by atoms with Crippen molar-refractivity contribution in [2.75, 3.05) is 18.1 Å². The van der Waals surface area contributed by atoms with Gasteiger partial charge in [0.15, 0.2) is 0 Å². The van der Waals surface area contributed by atoms with E-state index >= 15 is 0 Å². The van der Waals surface area contributed by atoms with Crippen molar-refractivity contribution in [2.45, 2.75) is 18.9 Å². The predicted octanol–water partition coefficient (Wildman–Crippen LogP) is 6.44. The van der Waals surface area contributed by atoms with Gasteiger partial charge in [-0.2, -0.15) is 0 Å². The highest BCUT2D eigenvalue weighted by atomic mass is 35.5. The molecule has 2 heterocycles. The average Bonchev–Trinajstić information content (AvgIpc) is 3.45. The normalized spacial score (nSPS) is 15.9. The molecular formula is C29H24ClN3O2. The summed E-state index contributed by atoms with van der Waals surface area (Å²) >= 11 is 6.39. The fraction of sp³-hybridized carbons (Fsp3) is 0.172. The molecule has 0 aliphatic carbocycles. The van der Waals surface area contributed by atoms with Crippen molar-refractivity contribution in [3.63, 3.8) is 0 Å². The number of imidazole rings is 1. The highest BCUT2D eigenvalue weighted by Crippen LogP contribution is 2.36. The van der Waals surface area contributed by atoms with Crippen molar-refractivity contribution < 1.29 is 9.53 Å². The molecule has 6 heteroatoms. The number of aromatic nitrogens is 2. The summed E-state index contributed by atoms with van der Waals surface area (Å²) in [6, 6.07) is 30.0. The number of amides is 1. The number of fused-ring (bicyclic) bond motifs is 2. The second-order valence-electron chi connectivity index (χ2n) is 8.82. The van der Waals surface area contributed by atoms with Crippen molar-refractivity contribution in [1.29, 1.82) is 0 Å². The Labute approximate surface area is 208 Å². The minimum atomic E-state index is -0.0214. The molecule has 0 spiro atoms. The van der Waals surface area contributed by atoms with Crippen LogP contribution in [-0.4, -0.2) is 28.6 Å². The number of para-hydroxylation sites is 3. The molecule has 1 atom stereocenters. The topological polar surface area (TPSA) is 47.4 Å². The molecule has 35 heavy (non-hydrogen) atoms. The number of hydrogen-bond donors (Lipinski definition) is 0. The lowest BCUT2D eigenvalue weighted by molar-refractivity contribution is -0.117. The zero-order chi connectivity index (χ0) is 23.8. The summed E-state index contributed by atoms with van der Waals surface area (Å²) in [5, 5.41) is 2.93. The Kier molecular flexibility index (Phi) is 5.63. The van der Waals surface area contributed by atoms with Gasteiger partial charge in [0.1, 0.15) is 18.2 Å². The maximum atomic E-state index is 12.9. The molecule has 1 saturated heterocycles. The lowest BCUT2D eigenvalue weighted by Crippen LogP contribution is -2.25. The highest BCUT2D eigenvalue weighted by Gasteiger charge is 2.35. The number of benzene rings is 4. The van der Waals surface area contributed by atoms with Crippen molar-refractivity contribution >= 4 is 45.0 Å². The lowest BCUT2D eigenvalue weighted by Gasteiger charge is -2.18. The minimum absolute atomic E-state index is 0.0214. The van der Waals surface area contributed by atoms with Crippen LogP contribution in [0, 0.1) is 0 Å². The highest BCUT2D eigenvalue weighted by molar-refractivity contribution is 6.33. The molecule has 5 aromatic rings. The molecule has 1 aliphatic heterocycles. The van der Waals surface area contributed by atoms with Gasteiger partial charge in [0, 0.05) is 18.9 Å². The van der Waals surface area contributed by atoms with Gasteiger partial charge in [-0.05, 0) is 47.2 Å². The zero-order valence-electron chi connectivity index (χ0n) is 19.1. The van der Waals surface area contributed by atoms with E-state index in [1.807, 2.05) is 60.7 Å². The van der Waals surface area contributed by atoms with E-state index in [1.165, 1.54) is 5.39 Å². The van der Waals surface area contributed by atoms with Gasteiger partial charge in [0.25, 0.3) is 0 Å². The molecule has 174 valence electrons. The molecule has 5 nitrogen and oxygen atoms in total. The molecule has 1 amide bonds. The molecule has 1 aliphatic rings. The number of carbonyl (C=O) groups is 1. The van der Waals surface area contributed by atoms with Crippen LogP contribution in [0.4, 0.5) is 5.69 Å². The Bertz CT molecular complexity index is 1540. The molecule has 6 rings (SSSR count). The van der Waals surface area contributed by atoms with Crippen LogP contribution in [0.5, 0.6) is 5.75 Å². The number of anilines is 1. The number of nitrogens with zero attached hydrogens (tertiary/aromatic N) is 3. The van der Waals surface area contributed by atoms with Gasteiger partial charge in [0.05, 0.1) is 28.3 Å². The van der Waals surface area contributed by atoms with Crippen LogP contribution < -0.4 is 9.64 Å². The first-order valence-electron chi connectivity index (χ1n) is 11.8. The lowest BCUT2D eigenvalue weighted by atomic mass is 10.1. The number of rotatable bonds is 6. The standard InChI is InChI=1S/C29H24ClN3O2/c30-24-9-3-5-11-26(24)33-19-22(18-28(33)34)29-31-25-10-4-6-12-27(25)32(29)15-16-35-23-14-13-20-7-1-2-8-21(20)17-23/h1-14,17,22H,15-16,18-19H2. The Morgan fingerprint density at radius 2 is 1.69 bits per heavy atom. The molecule has 0 N–H and O–H groups in total. The smallest absolute Gasteiger partial charge is 0.227 e. The van der Waals surface area contributed by atoms with Gasteiger partial charge in [-0.25, -0.2) is 4.98 Å². The summed E-state index contributed by atoms with van der Waals surface area (Å²) in [6.45, 7) is 1.69. The van der Waals surface area contributed by atoms with Crippen molar-refractivity contribution in [1.82, 2.24) is 9.55 Å². The van der Waals surface area contributed by atoms with Crippen LogP contribution in [0.25, 0.3) is 21.8 Å². The monoisotopic (exact) mass is 481 g/mol. The van der Waals surface area contributed by atoms with Crippen molar-refractivity contribution in [3.8, 4) is 5.75 Å². The van der Waals surface area contributed by atoms with E-state index in [0.717, 1.165) is 33.7 Å². The van der Waals surface area contributed by atoms with Gasteiger partial charge in [-0.15, -0.1) is 0 Å². The fourth-order valence-electron chi connectivity index (χ4n) is 4.94. The van der Waals surface area contributed by atoms with E-state index in [2.05, 4.69) is 34.9 Å². The third kappa shape index (κ3) is 4.13. The third-order valence-corrected chi connectivity index (χ3v) is 6.94. The average molecular weight is 482 g/mol. The first kappa shape index (κ1) is 21.7. The van der Waals surface area contributed by atoms with Crippen LogP contribution >= 0.6 is 11.6 Å². The van der Waals surface area contributed by atoms with E-state index in [-0.39, 0.29) is 11.8 Å².